The normalized spacial score (nSPS) is 21.7. The van der Waals surface area contributed by atoms with Crippen LogP contribution in [0.25, 0.3) is 0 Å². The second kappa shape index (κ2) is 8.56. The second-order valence-electron chi connectivity index (χ2n) is 5.82. The number of aliphatic hydroxyl groups excluding tert-OH is 2. The Hall–Kier alpha value is -2.75. The second-order valence-corrected chi connectivity index (χ2v) is 5.82. The van der Waals surface area contributed by atoms with Gasteiger partial charge in [0.05, 0.1) is 12.7 Å². The van der Waals surface area contributed by atoms with Crippen LogP contribution in [0.3, 0.4) is 0 Å². The molecule has 0 spiro atoms. The van der Waals surface area contributed by atoms with Crippen molar-refractivity contribution in [2.24, 2.45) is 5.73 Å². The number of nitrogens with one attached hydrogen (secondary N) is 1. The van der Waals surface area contributed by atoms with E-state index in [1.165, 1.54) is 10.8 Å². The number of primary amides is 1. The highest BCUT2D eigenvalue weighted by Crippen LogP contribution is 2.27. The lowest BCUT2D eigenvalue weighted by Crippen LogP contribution is -2.33. The average Bonchev–Trinajstić information content (AvgIpc) is 3.00. The predicted molar refractivity (Wildman–Crippen MR) is 92.6 cm³/mol. The Labute approximate surface area is 148 Å². The summed E-state index contributed by atoms with van der Waals surface area (Å²) in [6.07, 6.45) is -0.581. The Bertz CT molecular complexity index is 861. The standard InChI is InChI=1S/C10H14N2O5.C7H7NO/c1-5-3-12(10(16)11-9(5)15)8-2-6(14)7(4-13)17-8;8-7(9)6-4-2-1-3-5-6/h3,6-8,13-14H,2,4H2,1H3,(H,11,15,16);1-5H,(H2,8,9)/t6-,7+,8+;/m0./s1. The molecular weight excluding hydrogens is 342 g/mol. The van der Waals surface area contributed by atoms with E-state index in [-0.39, 0.29) is 18.9 Å². The Morgan fingerprint density at radius 1 is 1.35 bits per heavy atom. The molecule has 140 valence electrons. The maximum Gasteiger partial charge on any atom is 0.330 e. The van der Waals surface area contributed by atoms with Crippen molar-refractivity contribution in [2.45, 2.75) is 31.8 Å². The van der Waals surface area contributed by atoms with Crippen molar-refractivity contribution in [3.8, 4) is 0 Å². The van der Waals surface area contributed by atoms with Gasteiger partial charge in [0, 0.05) is 23.7 Å². The summed E-state index contributed by atoms with van der Waals surface area (Å²) >= 11 is 0. The molecule has 1 fully saturated rings. The minimum absolute atomic E-state index is 0.205. The maximum atomic E-state index is 11.6. The summed E-state index contributed by atoms with van der Waals surface area (Å²) in [5.74, 6) is -0.379. The number of nitrogens with zero attached hydrogens (tertiary/aromatic N) is 1. The van der Waals surface area contributed by atoms with E-state index < -0.39 is 29.7 Å². The fraction of sp³-hybridized carbons (Fsp3) is 0.353. The SMILES string of the molecule is Cc1cn([C@H]2C[C@H](O)[C@@H](CO)O2)c(=O)[nH]c1=O.NC(=O)c1ccccc1. The quantitative estimate of drug-likeness (QED) is 0.565. The predicted octanol–water partition coefficient (Wildman–Crippen LogP) is -0.729. The van der Waals surface area contributed by atoms with Gasteiger partial charge < -0.3 is 20.7 Å². The van der Waals surface area contributed by atoms with Crippen LogP contribution in [0.2, 0.25) is 0 Å². The van der Waals surface area contributed by atoms with Gasteiger partial charge in [-0.1, -0.05) is 18.2 Å². The average molecular weight is 363 g/mol. The van der Waals surface area contributed by atoms with Gasteiger partial charge in [-0.3, -0.25) is 19.1 Å². The molecule has 1 saturated heterocycles. The van der Waals surface area contributed by atoms with Crippen LogP contribution in [0, 0.1) is 6.92 Å². The van der Waals surface area contributed by atoms with E-state index in [9.17, 15) is 19.5 Å². The number of H-pyrrole nitrogens is 1. The zero-order valence-corrected chi connectivity index (χ0v) is 14.2. The number of nitrogens with two attached hydrogens (primary N) is 1. The first-order chi connectivity index (χ1) is 12.3. The molecule has 2 heterocycles. The molecule has 0 radical (unpaired) electrons. The third kappa shape index (κ3) is 4.66. The zero-order chi connectivity index (χ0) is 19.3. The van der Waals surface area contributed by atoms with Gasteiger partial charge in [0.25, 0.3) is 5.56 Å². The molecule has 3 atom stereocenters. The van der Waals surface area contributed by atoms with Gasteiger partial charge in [-0.15, -0.1) is 0 Å². The molecule has 9 nitrogen and oxygen atoms in total. The molecule has 2 aromatic rings. The molecule has 0 unspecified atom stereocenters. The Morgan fingerprint density at radius 2 is 2.00 bits per heavy atom. The lowest BCUT2D eigenvalue weighted by molar-refractivity contribution is -0.0459. The van der Waals surface area contributed by atoms with Crippen LogP contribution in [0.15, 0.2) is 46.1 Å². The summed E-state index contributed by atoms with van der Waals surface area (Å²) in [5, 5.41) is 18.5. The van der Waals surface area contributed by atoms with E-state index in [1.807, 2.05) is 6.07 Å². The summed E-state index contributed by atoms with van der Waals surface area (Å²) in [5.41, 5.74) is 4.88. The monoisotopic (exact) mass is 363 g/mol. The first kappa shape index (κ1) is 19.6. The molecular formula is C17H21N3O6. The van der Waals surface area contributed by atoms with Crippen LogP contribution < -0.4 is 17.0 Å². The lowest BCUT2D eigenvalue weighted by atomic mass is 10.2. The Morgan fingerprint density at radius 3 is 2.50 bits per heavy atom. The summed E-state index contributed by atoms with van der Waals surface area (Å²) in [6.45, 7) is 1.26. The molecule has 1 aromatic heterocycles. The molecule has 3 rings (SSSR count). The molecule has 1 amide bonds. The number of amides is 1. The zero-order valence-electron chi connectivity index (χ0n) is 14.2. The molecule has 5 N–H and O–H groups in total. The number of carbonyl (C=O) groups excluding carboxylic acids is 1. The number of aromatic amines is 1. The van der Waals surface area contributed by atoms with Crippen LogP contribution in [0.1, 0.15) is 28.6 Å². The molecule has 0 aliphatic carbocycles. The number of aromatic nitrogens is 2. The molecule has 26 heavy (non-hydrogen) atoms. The minimum atomic E-state index is -0.816. The molecule has 1 aliphatic rings. The maximum absolute atomic E-state index is 11.6. The van der Waals surface area contributed by atoms with E-state index in [0.717, 1.165) is 0 Å². The molecule has 0 bridgehead atoms. The van der Waals surface area contributed by atoms with Crippen LogP contribution in [0.5, 0.6) is 0 Å². The van der Waals surface area contributed by atoms with Crippen molar-refractivity contribution in [1.82, 2.24) is 9.55 Å². The number of carbonyl (C=O) groups is 1. The van der Waals surface area contributed by atoms with Crippen molar-refractivity contribution < 1.29 is 19.7 Å². The highest BCUT2D eigenvalue weighted by Gasteiger charge is 2.34. The van der Waals surface area contributed by atoms with E-state index in [0.29, 0.717) is 11.1 Å². The topological polar surface area (TPSA) is 148 Å². The van der Waals surface area contributed by atoms with Gasteiger partial charge in [-0.25, -0.2) is 4.79 Å². The Kier molecular flexibility index (Phi) is 6.45. The summed E-state index contributed by atoms with van der Waals surface area (Å²) < 4.78 is 6.54. The largest absolute Gasteiger partial charge is 0.394 e. The van der Waals surface area contributed by atoms with Gasteiger partial charge in [-0.05, 0) is 19.1 Å². The van der Waals surface area contributed by atoms with Crippen molar-refractivity contribution in [3.63, 3.8) is 0 Å². The molecule has 0 saturated carbocycles. The first-order valence-electron chi connectivity index (χ1n) is 7.94. The van der Waals surface area contributed by atoms with Crippen LogP contribution in [0.4, 0.5) is 0 Å². The highest BCUT2D eigenvalue weighted by molar-refractivity contribution is 5.92. The fourth-order valence-corrected chi connectivity index (χ4v) is 2.45. The van der Waals surface area contributed by atoms with Crippen molar-refractivity contribution >= 4 is 5.91 Å². The third-order valence-corrected chi connectivity index (χ3v) is 3.90. The van der Waals surface area contributed by atoms with Gasteiger partial charge >= 0.3 is 5.69 Å². The number of aliphatic hydroxyl groups is 2. The van der Waals surface area contributed by atoms with E-state index >= 15 is 0 Å². The molecule has 9 heteroatoms. The minimum Gasteiger partial charge on any atom is -0.394 e. The van der Waals surface area contributed by atoms with Crippen LogP contribution in [-0.4, -0.2) is 44.5 Å². The summed E-state index contributed by atoms with van der Waals surface area (Å²) in [4.78, 5) is 35.3. The first-order valence-corrected chi connectivity index (χ1v) is 7.94. The number of hydrogen-bond acceptors (Lipinski definition) is 6. The fourth-order valence-electron chi connectivity index (χ4n) is 2.45. The highest BCUT2D eigenvalue weighted by atomic mass is 16.5. The van der Waals surface area contributed by atoms with Crippen molar-refractivity contribution in [1.29, 1.82) is 0 Å². The lowest BCUT2D eigenvalue weighted by Gasteiger charge is -2.14. The van der Waals surface area contributed by atoms with Gasteiger partial charge in [-0.2, -0.15) is 0 Å². The molecule has 1 aliphatic heterocycles. The van der Waals surface area contributed by atoms with E-state index in [4.69, 9.17) is 15.6 Å². The van der Waals surface area contributed by atoms with Gasteiger partial charge in [0.1, 0.15) is 12.3 Å². The number of rotatable bonds is 3. The molecule has 1 aromatic carbocycles. The smallest absolute Gasteiger partial charge is 0.330 e. The number of benzene rings is 1. The van der Waals surface area contributed by atoms with Gasteiger partial charge in [0.2, 0.25) is 5.91 Å². The number of aryl methyl sites for hydroxylation is 1. The van der Waals surface area contributed by atoms with E-state index in [2.05, 4.69) is 4.98 Å². The van der Waals surface area contributed by atoms with Crippen LogP contribution in [-0.2, 0) is 4.74 Å². The summed E-state index contributed by atoms with van der Waals surface area (Å²) in [6, 6.07) is 8.76. The van der Waals surface area contributed by atoms with E-state index in [1.54, 1.807) is 31.2 Å². The van der Waals surface area contributed by atoms with Crippen molar-refractivity contribution in [3.05, 3.63) is 68.5 Å². The number of hydrogen-bond donors (Lipinski definition) is 4. The third-order valence-electron chi connectivity index (χ3n) is 3.90. The van der Waals surface area contributed by atoms with Gasteiger partial charge in [0.15, 0.2) is 0 Å². The number of ether oxygens (including phenoxy) is 1. The van der Waals surface area contributed by atoms with Crippen LogP contribution >= 0.6 is 0 Å². The Balaban J connectivity index is 0.000000228. The van der Waals surface area contributed by atoms with Crippen molar-refractivity contribution in [2.75, 3.05) is 6.61 Å². The summed E-state index contributed by atoms with van der Waals surface area (Å²) in [7, 11) is 0.